The normalized spacial score (nSPS) is 21.1. The van der Waals surface area contributed by atoms with Gasteiger partial charge in [0.1, 0.15) is 6.29 Å². The van der Waals surface area contributed by atoms with Gasteiger partial charge in [-0.15, -0.1) is 0 Å². The Hall–Kier alpha value is -2.82. The van der Waals surface area contributed by atoms with Crippen LogP contribution in [0.3, 0.4) is 0 Å². The number of nitrogens with one attached hydrogen (secondary N) is 2. The summed E-state index contributed by atoms with van der Waals surface area (Å²) in [6.45, 7) is 5.64. The molecule has 2 aromatic carbocycles. The lowest BCUT2D eigenvalue weighted by atomic mass is 9.92. The van der Waals surface area contributed by atoms with Crippen LogP contribution in [0, 0.1) is 11.8 Å². The summed E-state index contributed by atoms with van der Waals surface area (Å²) in [4.78, 5) is 22.1. The van der Waals surface area contributed by atoms with Crippen LogP contribution in [0.2, 0.25) is 0 Å². The summed E-state index contributed by atoms with van der Waals surface area (Å²) < 4.78 is 0. The zero-order valence-corrected chi connectivity index (χ0v) is 19.2. The number of aldehydes is 1. The first-order valence-electron chi connectivity index (χ1n) is 12.2. The fourth-order valence-electron chi connectivity index (χ4n) is 5.25. The highest BCUT2D eigenvalue weighted by atomic mass is 16.1. The van der Waals surface area contributed by atoms with Crippen LogP contribution < -0.4 is 10.2 Å². The van der Waals surface area contributed by atoms with Gasteiger partial charge < -0.3 is 20.0 Å². The molecule has 5 rings (SSSR count). The Kier molecular flexibility index (Phi) is 5.90. The number of hydrogen-bond acceptors (Lipinski definition) is 4. The molecule has 5 nitrogen and oxygen atoms in total. The molecule has 0 saturated heterocycles. The van der Waals surface area contributed by atoms with Crippen molar-refractivity contribution in [2.45, 2.75) is 64.3 Å². The van der Waals surface area contributed by atoms with Crippen molar-refractivity contribution in [3.63, 3.8) is 0 Å². The molecule has 1 heterocycles. The highest BCUT2D eigenvalue weighted by Gasteiger charge is 2.38. The number of anilines is 3. The van der Waals surface area contributed by atoms with Gasteiger partial charge in [0.2, 0.25) is 5.95 Å². The summed E-state index contributed by atoms with van der Waals surface area (Å²) >= 11 is 0. The standard InChI is InChI=1S/C27H34N4O/c1-18(2)16-31(21-8-4-3-5-9-21)26-13-12-19(22-14-20(22)17-32)15-25(26)30-27-28-23-10-6-7-11-24(23)29-27/h6-7,10-13,15,17-18,20-22H,3-5,8-9,14,16H2,1-2H3,(H2,28,29,30). The molecule has 2 aliphatic carbocycles. The van der Waals surface area contributed by atoms with Crippen LogP contribution in [0.25, 0.3) is 11.0 Å². The quantitative estimate of drug-likeness (QED) is 0.406. The van der Waals surface area contributed by atoms with Crippen molar-refractivity contribution in [3.8, 4) is 0 Å². The first kappa shape index (κ1) is 21.0. The Balaban J connectivity index is 1.52. The highest BCUT2D eigenvalue weighted by Crippen LogP contribution is 2.48. The van der Waals surface area contributed by atoms with Crippen molar-refractivity contribution >= 4 is 34.6 Å². The number of benzene rings is 2. The second kappa shape index (κ2) is 8.97. The van der Waals surface area contributed by atoms with Crippen LogP contribution in [-0.4, -0.2) is 28.8 Å². The van der Waals surface area contributed by atoms with Gasteiger partial charge in [0.25, 0.3) is 0 Å². The molecule has 2 saturated carbocycles. The first-order valence-corrected chi connectivity index (χ1v) is 12.2. The van der Waals surface area contributed by atoms with E-state index in [0.29, 0.717) is 17.9 Å². The predicted molar refractivity (Wildman–Crippen MR) is 132 cm³/mol. The van der Waals surface area contributed by atoms with E-state index in [1.165, 1.54) is 43.4 Å². The van der Waals surface area contributed by atoms with Crippen molar-refractivity contribution in [2.75, 3.05) is 16.8 Å². The summed E-state index contributed by atoms with van der Waals surface area (Å²) in [6.07, 6.45) is 8.56. The van der Waals surface area contributed by atoms with E-state index in [9.17, 15) is 4.79 Å². The van der Waals surface area contributed by atoms with Crippen molar-refractivity contribution < 1.29 is 4.79 Å². The van der Waals surface area contributed by atoms with Crippen LogP contribution >= 0.6 is 0 Å². The van der Waals surface area contributed by atoms with Gasteiger partial charge in [-0.1, -0.05) is 51.3 Å². The van der Waals surface area contributed by atoms with E-state index in [1.807, 2.05) is 18.2 Å². The second-order valence-electron chi connectivity index (χ2n) is 9.98. The molecule has 0 radical (unpaired) electrons. The number of aromatic amines is 1. The average Bonchev–Trinajstić information content (AvgIpc) is 3.49. The van der Waals surface area contributed by atoms with Crippen molar-refractivity contribution in [3.05, 3.63) is 48.0 Å². The van der Waals surface area contributed by atoms with Crippen molar-refractivity contribution in [1.82, 2.24) is 9.97 Å². The Morgan fingerprint density at radius 2 is 1.97 bits per heavy atom. The van der Waals surface area contributed by atoms with Crippen molar-refractivity contribution in [2.24, 2.45) is 11.8 Å². The Morgan fingerprint density at radius 3 is 2.69 bits per heavy atom. The molecule has 2 N–H and O–H groups in total. The Morgan fingerprint density at radius 1 is 1.16 bits per heavy atom. The van der Waals surface area contributed by atoms with Crippen LogP contribution in [0.4, 0.5) is 17.3 Å². The summed E-state index contributed by atoms with van der Waals surface area (Å²) in [5.74, 6) is 1.87. The minimum atomic E-state index is 0.171. The number of H-pyrrole nitrogens is 1. The molecule has 2 aliphatic rings. The van der Waals surface area contributed by atoms with E-state index in [4.69, 9.17) is 4.98 Å². The maximum atomic E-state index is 11.3. The molecule has 0 spiro atoms. The third-order valence-corrected chi connectivity index (χ3v) is 6.99. The summed E-state index contributed by atoms with van der Waals surface area (Å²) in [7, 11) is 0. The average molecular weight is 431 g/mol. The van der Waals surface area contributed by atoms with Gasteiger partial charge in [-0.2, -0.15) is 0 Å². The fourth-order valence-corrected chi connectivity index (χ4v) is 5.25. The maximum absolute atomic E-state index is 11.3. The molecule has 0 bridgehead atoms. The monoisotopic (exact) mass is 430 g/mol. The summed E-state index contributed by atoms with van der Waals surface area (Å²) in [5.41, 5.74) is 5.57. The number of imidazole rings is 1. The molecule has 2 fully saturated rings. The molecule has 2 atom stereocenters. The zero-order valence-electron chi connectivity index (χ0n) is 19.2. The topological polar surface area (TPSA) is 61.0 Å². The number of aromatic nitrogens is 2. The van der Waals surface area contributed by atoms with Crippen LogP contribution in [-0.2, 0) is 4.79 Å². The molecular weight excluding hydrogens is 396 g/mol. The maximum Gasteiger partial charge on any atom is 0.205 e. The molecule has 3 aromatic rings. The summed E-state index contributed by atoms with van der Waals surface area (Å²) in [6, 6.07) is 15.5. The third-order valence-electron chi connectivity index (χ3n) is 6.99. The Bertz CT molecular complexity index is 1050. The fraction of sp³-hybridized carbons (Fsp3) is 0.481. The highest BCUT2D eigenvalue weighted by molar-refractivity contribution is 5.81. The van der Waals surface area contributed by atoms with Crippen molar-refractivity contribution in [1.29, 1.82) is 0 Å². The number of rotatable bonds is 8. The van der Waals surface area contributed by atoms with Gasteiger partial charge in [0, 0.05) is 18.5 Å². The van der Waals surface area contributed by atoms with Crippen LogP contribution in [0.5, 0.6) is 0 Å². The molecule has 0 amide bonds. The summed E-state index contributed by atoms with van der Waals surface area (Å²) in [5, 5.41) is 3.61. The van der Waals surface area contributed by atoms with Gasteiger partial charge in [-0.25, -0.2) is 4.98 Å². The third kappa shape index (κ3) is 4.38. The molecule has 32 heavy (non-hydrogen) atoms. The SMILES string of the molecule is CC(C)CN(c1ccc(C2CC2C=O)cc1Nc1nc2ccccc2[nH]1)C1CCCCC1. The number of carbonyl (C=O) groups excluding carboxylic acids is 1. The van der Waals surface area contributed by atoms with Gasteiger partial charge in [-0.3, -0.25) is 0 Å². The Labute approximate surface area is 190 Å². The number of carbonyl (C=O) groups is 1. The minimum Gasteiger partial charge on any atom is -0.367 e. The van der Waals surface area contributed by atoms with E-state index < -0.39 is 0 Å². The number of para-hydroxylation sites is 2. The largest absolute Gasteiger partial charge is 0.367 e. The number of nitrogens with zero attached hydrogens (tertiary/aromatic N) is 2. The smallest absolute Gasteiger partial charge is 0.205 e. The van der Waals surface area contributed by atoms with E-state index in [-0.39, 0.29) is 5.92 Å². The lowest BCUT2D eigenvalue weighted by Crippen LogP contribution is -2.39. The predicted octanol–water partition coefficient (Wildman–Crippen LogP) is 6.40. The van der Waals surface area contributed by atoms with E-state index in [0.717, 1.165) is 41.9 Å². The number of fused-ring (bicyclic) bond motifs is 1. The molecule has 168 valence electrons. The van der Waals surface area contributed by atoms with Gasteiger partial charge in [-0.05, 0) is 60.9 Å². The van der Waals surface area contributed by atoms with Gasteiger partial charge in [0.15, 0.2) is 0 Å². The van der Waals surface area contributed by atoms with Gasteiger partial charge >= 0.3 is 0 Å². The minimum absolute atomic E-state index is 0.171. The molecule has 2 unspecified atom stereocenters. The molecular formula is C27H34N4O. The molecule has 0 aliphatic heterocycles. The van der Waals surface area contributed by atoms with E-state index in [2.05, 4.69) is 53.3 Å². The lowest BCUT2D eigenvalue weighted by molar-refractivity contribution is -0.108. The molecule has 1 aromatic heterocycles. The van der Waals surface area contributed by atoms with Crippen LogP contribution in [0.1, 0.15) is 63.9 Å². The van der Waals surface area contributed by atoms with E-state index in [1.54, 1.807) is 0 Å². The van der Waals surface area contributed by atoms with Gasteiger partial charge in [0.05, 0.1) is 22.4 Å². The lowest BCUT2D eigenvalue weighted by Gasteiger charge is -2.38. The van der Waals surface area contributed by atoms with Crippen LogP contribution in [0.15, 0.2) is 42.5 Å². The second-order valence-corrected chi connectivity index (χ2v) is 9.98. The first-order chi connectivity index (χ1) is 15.6. The van der Waals surface area contributed by atoms with E-state index >= 15 is 0 Å². The zero-order chi connectivity index (χ0) is 22.1. The number of hydrogen-bond donors (Lipinski definition) is 2. The molecule has 5 heteroatoms.